The van der Waals surface area contributed by atoms with E-state index in [0.29, 0.717) is 13.0 Å². The fourth-order valence-corrected chi connectivity index (χ4v) is 4.86. The van der Waals surface area contributed by atoms with Crippen LogP contribution in [0, 0.1) is 0 Å². The molecule has 1 N–H and O–H groups in total. The van der Waals surface area contributed by atoms with Crippen LogP contribution in [0.15, 0.2) is 30.3 Å². The Kier molecular flexibility index (Phi) is 6.77. The number of nitrogens with one attached hydrogen (secondary N) is 1. The summed E-state index contributed by atoms with van der Waals surface area (Å²) < 4.78 is 28.4. The lowest BCUT2D eigenvalue weighted by Crippen LogP contribution is -2.40. The first-order valence-corrected chi connectivity index (χ1v) is 10.6. The maximum Gasteiger partial charge on any atom is 0.233 e. The number of amides is 1. The first kappa shape index (κ1) is 18.1. The van der Waals surface area contributed by atoms with Crippen LogP contribution >= 0.6 is 11.8 Å². The second kappa shape index (κ2) is 8.59. The Bertz CT molecular complexity index is 604. The van der Waals surface area contributed by atoms with Gasteiger partial charge in [0.1, 0.15) is 5.75 Å². The van der Waals surface area contributed by atoms with Crippen molar-refractivity contribution in [2.75, 3.05) is 23.9 Å². The number of benzene rings is 1. The lowest BCUT2D eigenvalue weighted by atomic mass is 10.2. The Balaban J connectivity index is 1.59. The predicted molar refractivity (Wildman–Crippen MR) is 93.7 cm³/mol. The van der Waals surface area contributed by atoms with Crippen LogP contribution in [0.3, 0.4) is 0 Å². The van der Waals surface area contributed by atoms with Gasteiger partial charge < -0.3 is 10.1 Å². The topological polar surface area (TPSA) is 72.5 Å². The van der Waals surface area contributed by atoms with Crippen molar-refractivity contribution < 1.29 is 17.9 Å². The van der Waals surface area contributed by atoms with E-state index in [-0.39, 0.29) is 28.7 Å². The zero-order chi connectivity index (χ0) is 16.7. The highest BCUT2D eigenvalue weighted by Crippen LogP contribution is 2.16. The van der Waals surface area contributed by atoms with Crippen LogP contribution in [-0.2, 0) is 14.6 Å². The molecule has 1 saturated heterocycles. The summed E-state index contributed by atoms with van der Waals surface area (Å²) in [4.78, 5) is 12.0. The Labute approximate surface area is 142 Å². The van der Waals surface area contributed by atoms with Gasteiger partial charge in [-0.2, -0.15) is 0 Å². The standard InChI is InChI=1S/C16H23NO4S2/c1-13(16(18)17-14-8-11-23(19,20)12-14)22-10-5-9-21-15-6-3-2-4-7-15/h2-4,6-7,13-14H,5,8-12H2,1H3,(H,17,18). The number of thioether (sulfide) groups is 1. The fraction of sp³-hybridized carbons (Fsp3) is 0.562. The average Bonchev–Trinajstić information content (AvgIpc) is 2.86. The highest BCUT2D eigenvalue weighted by molar-refractivity contribution is 8.00. The third-order valence-electron chi connectivity index (χ3n) is 3.62. The van der Waals surface area contributed by atoms with E-state index in [4.69, 9.17) is 4.74 Å². The summed E-state index contributed by atoms with van der Waals surface area (Å²) in [7, 11) is -2.96. The Hall–Kier alpha value is -1.21. The summed E-state index contributed by atoms with van der Waals surface area (Å²) >= 11 is 1.56. The van der Waals surface area contributed by atoms with Crippen molar-refractivity contribution in [1.29, 1.82) is 0 Å². The molecule has 128 valence electrons. The van der Waals surface area contributed by atoms with E-state index in [9.17, 15) is 13.2 Å². The minimum atomic E-state index is -2.96. The Morgan fingerprint density at radius 1 is 1.39 bits per heavy atom. The molecule has 1 amide bonds. The van der Waals surface area contributed by atoms with Crippen molar-refractivity contribution in [2.24, 2.45) is 0 Å². The van der Waals surface area contributed by atoms with Gasteiger partial charge in [-0.3, -0.25) is 4.79 Å². The van der Waals surface area contributed by atoms with Gasteiger partial charge in [0, 0.05) is 6.04 Å². The molecule has 1 aromatic carbocycles. The van der Waals surface area contributed by atoms with Crippen molar-refractivity contribution in [3.8, 4) is 5.75 Å². The van der Waals surface area contributed by atoms with E-state index in [0.717, 1.165) is 17.9 Å². The Morgan fingerprint density at radius 3 is 2.78 bits per heavy atom. The van der Waals surface area contributed by atoms with Crippen LogP contribution in [0.2, 0.25) is 0 Å². The average molecular weight is 357 g/mol. The van der Waals surface area contributed by atoms with Crippen LogP contribution in [0.5, 0.6) is 5.75 Å². The SMILES string of the molecule is CC(SCCCOc1ccccc1)C(=O)NC1CCS(=O)(=O)C1. The smallest absolute Gasteiger partial charge is 0.233 e. The fourth-order valence-electron chi connectivity index (χ4n) is 2.33. The largest absolute Gasteiger partial charge is 0.494 e. The van der Waals surface area contributed by atoms with E-state index >= 15 is 0 Å². The van der Waals surface area contributed by atoms with Gasteiger partial charge in [-0.15, -0.1) is 11.8 Å². The second-order valence-corrected chi connectivity index (χ2v) is 9.31. The second-order valence-electron chi connectivity index (χ2n) is 5.64. The van der Waals surface area contributed by atoms with E-state index in [2.05, 4.69) is 5.32 Å². The monoisotopic (exact) mass is 357 g/mol. The molecular formula is C16H23NO4S2. The molecule has 7 heteroatoms. The normalized spacial score (nSPS) is 20.8. The maximum atomic E-state index is 12.0. The van der Waals surface area contributed by atoms with Gasteiger partial charge in [0.25, 0.3) is 0 Å². The molecule has 0 aliphatic carbocycles. The molecule has 2 atom stereocenters. The molecule has 23 heavy (non-hydrogen) atoms. The van der Waals surface area contributed by atoms with Crippen molar-refractivity contribution >= 4 is 27.5 Å². The molecule has 2 unspecified atom stereocenters. The van der Waals surface area contributed by atoms with Crippen LogP contribution < -0.4 is 10.1 Å². The molecule has 2 rings (SSSR count). The van der Waals surface area contributed by atoms with Gasteiger partial charge in [-0.1, -0.05) is 18.2 Å². The quantitative estimate of drug-likeness (QED) is 0.719. The molecule has 1 aliphatic heterocycles. The highest BCUT2D eigenvalue weighted by Gasteiger charge is 2.29. The van der Waals surface area contributed by atoms with Gasteiger partial charge in [0.15, 0.2) is 9.84 Å². The third kappa shape index (κ3) is 6.43. The van der Waals surface area contributed by atoms with Crippen molar-refractivity contribution in [3.05, 3.63) is 30.3 Å². The molecule has 0 bridgehead atoms. The summed E-state index contributed by atoms with van der Waals surface area (Å²) in [5.74, 6) is 1.84. The number of sulfone groups is 1. The number of rotatable bonds is 8. The summed E-state index contributed by atoms with van der Waals surface area (Å²) in [5.41, 5.74) is 0. The maximum absolute atomic E-state index is 12.0. The molecule has 1 aliphatic rings. The van der Waals surface area contributed by atoms with Crippen LogP contribution in [0.4, 0.5) is 0 Å². The van der Waals surface area contributed by atoms with Gasteiger partial charge in [0.05, 0.1) is 23.4 Å². The Morgan fingerprint density at radius 2 is 2.13 bits per heavy atom. The van der Waals surface area contributed by atoms with E-state index in [1.807, 2.05) is 37.3 Å². The minimum absolute atomic E-state index is 0.0705. The number of ether oxygens (including phenoxy) is 1. The van der Waals surface area contributed by atoms with Gasteiger partial charge in [0.2, 0.25) is 5.91 Å². The van der Waals surface area contributed by atoms with E-state index in [1.54, 1.807) is 11.8 Å². The number of carbonyl (C=O) groups excluding carboxylic acids is 1. The van der Waals surface area contributed by atoms with Gasteiger partial charge >= 0.3 is 0 Å². The van der Waals surface area contributed by atoms with E-state index < -0.39 is 9.84 Å². The lowest BCUT2D eigenvalue weighted by Gasteiger charge is -2.15. The summed E-state index contributed by atoms with van der Waals surface area (Å²) in [6.45, 7) is 2.47. The number of hydrogen-bond donors (Lipinski definition) is 1. The van der Waals surface area contributed by atoms with Gasteiger partial charge in [-0.05, 0) is 37.7 Å². The molecule has 1 aromatic rings. The lowest BCUT2D eigenvalue weighted by molar-refractivity contribution is -0.120. The first-order valence-electron chi connectivity index (χ1n) is 7.76. The first-order chi connectivity index (χ1) is 11.0. The van der Waals surface area contributed by atoms with E-state index in [1.165, 1.54) is 0 Å². The summed E-state index contributed by atoms with van der Waals surface area (Å²) in [6, 6.07) is 9.41. The van der Waals surface area contributed by atoms with Crippen molar-refractivity contribution in [1.82, 2.24) is 5.32 Å². The molecule has 0 spiro atoms. The third-order valence-corrected chi connectivity index (χ3v) is 6.62. The van der Waals surface area contributed by atoms with Crippen LogP contribution in [0.1, 0.15) is 19.8 Å². The molecule has 0 aromatic heterocycles. The number of hydrogen-bond acceptors (Lipinski definition) is 5. The number of para-hydroxylation sites is 1. The van der Waals surface area contributed by atoms with Crippen LogP contribution in [0.25, 0.3) is 0 Å². The summed E-state index contributed by atoms with van der Waals surface area (Å²) in [6.07, 6.45) is 1.38. The summed E-state index contributed by atoms with van der Waals surface area (Å²) in [5, 5.41) is 2.65. The predicted octanol–water partition coefficient (Wildman–Crippen LogP) is 1.88. The zero-order valence-corrected chi connectivity index (χ0v) is 14.9. The van der Waals surface area contributed by atoms with Crippen molar-refractivity contribution in [2.45, 2.75) is 31.1 Å². The highest BCUT2D eigenvalue weighted by atomic mass is 32.2. The molecule has 0 saturated carbocycles. The molecule has 5 nitrogen and oxygen atoms in total. The molecular weight excluding hydrogens is 334 g/mol. The molecule has 1 fully saturated rings. The van der Waals surface area contributed by atoms with Crippen LogP contribution in [-0.4, -0.2) is 49.5 Å². The zero-order valence-electron chi connectivity index (χ0n) is 13.2. The molecule has 1 heterocycles. The molecule has 0 radical (unpaired) electrons. The van der Waals surface area contributed by atoms with Gasteiger partial charge in [-0.25, -0.2) is 8.42 Å². The minimum Gasteiger partial charge on any atom is -0.494 e. The van der Waals surface area contributed by atoms with Crippen molar-refractivity contribution in [3.63, 3.8) is 0 Å². The number of carbonyl (C=O) groups is 1.